The second-order valence-electron chi connectivity index (χ2n) is 7.73. The molecule has 0 aliphatic carbocycles. The lowest BCUT2D eigenvalue weighted by Gasteiger charge is -2.23. The number of furan rings is 1. The molecule has 5 rings (SSSR count). The average Bonchev–Trinajstić information content (AvgIpc) is 3.37. The summed E-state index contributed by atoms with van der Waals surface area (Å²) >= 11 is 6.03. The fraction of sp³-hybridized carbons (Fsp3) is 0.0769. The van der Waals surface area contributed by atoms with Gasteiger partial charge < -0.3 is 14.6 Å². The van der Waals surface area contributed by atoms with Gasteiger partial charge in [-0.3, -0.25) is 9.59 Å². The first-order valence-corrected chi connectivity index (χ1v) is 12.1. The fourth-order valence-corrected chi connectivity index (χ4v) is 5.29. The van der Waals surface area contributed by atoms with Gasteiger partial charge in [0.1, 0.15) is 5.76 Å². The lowest BCUT2D eigenvalue weighted by atomic mass is 10.1. The van der Waals surface area contributed by atoms with Crippen LogP contribution in [0.5, 0.6) is 0 Å². The number of hydrogen-bond acceptors (Lipinski definition) is 4. The number of amides is 2. The summed E-state index contributed by atoms with van der Waals surface area (Å²) in [6.07, 6.45) is 1.54. The van der Waals surface area contributed by atoms with E-state index in [2.05, 4.69) is 5.32 Å². The summed E-state index contributed by atoms with van der Waals surface area (Å²) in [6.45, 7) is 0.458. The maximum absolute atomic E-state index is 13.6. The molecule has 4 aromatic rings. The molecule has 1 N–H and O–H groups in total. The van der Waals surface area contributed by atoms with Crippen molar-refractivity contribution in [2.75, 3.05) is 4.90 Å². The van der Waals surface area contributed by atoms with Gasteiger partial charge in [-0.1, -0.05) is 35.9 Å². The van der Waals surface area contributed by atoms with E-state index in [0.717, 1.165) is 5.56 Å². The molecule has 8 heteroatoms. The van der Waals surface area contributed by atoms with Gasteiger partial charge in [0.15, 0.2) is 0 Å². The van der Waals surface area contributed by atoms with Crippen molar-refractivity contribution >= 4 is 39.9 Å². The number of nitrogens with one attached hydrogen (secondary N) is 1. The molecule has 0 spiro atoms. The van der Waals surface area contributed by atoms with Crippen LogP contribution in [-0.4, -0.2) is 16.0 Å². The monoisotopic (exact) mass is 490 g/mol. The maximum Gasteiger partial charge on any atom is 0.259 e. The highest BCUT2D eigenvalue weighted by Crippen LogP contribution is 2.36. The van der Waals surface area contributed by atoms with Gasteiger partial charge in [0, 0.05) is 10.6 Å². The van der Waals surface area contributed by atoms with Crippen molar-refractivity contribution in [2.24, 2.45) is 0 Å². The second kappa shape index (κ2) is 9.29. The number of fused-ring (bicyclic) bond motifs is 2. The number of anilines is 1. The number of rotatable bonds is 5. The highest BCUT2D eigenvalue weighted by atomic mass is 35.5. The van der Waals surface area contributed by atoms with Crippen molar-refractivity contribution in [3.63, 3.8) is 0 Å². The number of carbonyl (C=O) groups is 2. The Morgan fingerprint density at radius 3 is 2.53 bits per heavy atom. The molecule has 1 aliphatic rings. The zero-order chi connectivity index (χ0) is 23.7. The first-order chi connectivity index (χ1) is 16.5. The third-order valence-electron chi connectivity index (χ3n) is 5.53. The Hall–Kier alpha value is -3.68. The molecule has 2 amide bonds. The molecule has 0 radical (unpaired) electrons. The summed E-state index contributed by atoms with van der Waals surface area (Å²) in [5.74, 6) is 0.00985. The van der Waals surface area contributed by atoms with E-state index in [-0.39, 0.29) is 24.9 Å². The first-order valence-electron chi connectivity index (χ1n) is 10.5. The van der Waals surface area contributed by atoms with Crippen molar-refractivity contribution in [1.29, 1.82) is 0 Å². The minimum Gasteiger partial charge on any atom is -0.467 e. The van der Waals surface area contributed by atoms with Crippen LogP contribution in [-0.2, 0) is 23.9 Å². The molecule has 0 fully saturated rings. The molecule has 0 unspecified atom stereocenters. The van der Waals surface area contributed by atoms with E-state index in [1.165, 1.54) is 6.26 Å². The Kier molecular flexibility index (Phi) is 6.04. The number of halogens is 1. The van der Waals surface area contributed by atoms with Crippen LogP contribution < -0.4 is 10.2 Å². The van der Waals surface area contributed by atoms with Gasteiger partial charge in [-0.25, -0.2) is 4.21 Å². The zero-order valence-corrected chi connectivity index (χ0v) is 19.4. The average molecular weight is 491 g/mol. The highest BCUT2D eigenvalue weighted by molar-refractivity contribution is 7.85. The zero-order valence-electron chi connectivity index (χ0n) is 17.9. The summed E-state index contributed by atoms with van der Waals surface area (Å²) in [5.41, 5.74) is 2.00. The largest absolute Gasteiger partial charge is 0.467 e. The van der Waals surface area contributed by atoms with Crippen molar-refractivity contribution < 1.29 is 18.2 Å². The third-order valence-corrected chi connectivity index (χ3v) is 7.28. The van der Waals surface area contributed by atoms with Gasteiger partial charge in [-0.2, -0.15) is 0 Å². The SMILES string of the molecule is O=C(NCc1ccco1)c1ccc2c(c1)N(Cc1ccc(Cl)cc1)C(=O)c1ccccc1[S@]2=O. The molecular formula is C26H19ClN2O4S. The highest BCUT2D eigenvalue weighted by Gasteiger charge is 2.31. The van der Waals surface area contributed by atoms with Crippen LogP contribution in [0.25, 0.3) is 0 Å². The summed E-state index contributed by atoms with van der Waals surface area (Å²) in [7, 11) is -1.59. The van der Waals surface area contributed by atoms with E-state index in [1.807, 2.05) is 12.1 Å². The minimum atomic E-state index is -1.59. The summed E-state index contributed by atoms with van der Waals surface area (Å²) in [4.78, 5) is 29.0. The van der Waals surface area contributed by atoms with Crippen molar-refractivity contribution in [2.45, 2.75) is 22.9 Å². The van der Waals surface area contributed by atoms with E-state index in [9.17, 15) is 13.8 Å². The van der Waals surface area contributed by atoms with E-state index in [0.29, 0.717) is 37.4 Å². The lowest BCUT2D eigenvalue weighted by molar-refractivity contribution is 0.0945. The van der Waals surface area contributed by atoms with Crippen LogP contribution in [0.1, 0.15) is 32.0 Å². The molecule has 1 atom stereocenters. The molecular weight excluding hydrogens is 472 g/mol. The van der Waals surface area contributed by atoms with Crippen LogP contribution >= 0.6 is 11.6 Å². The molecule has 0 saturated carbocycles. The summed E-state index contributed by atoms with van der Waals surface area (Å²) in [5, 5.41) is 3.40. The van der Waals surface area contributed by atoms with E-state index >= 15 is 0 Å². The van der Waals surface area contributed by atoms with Crippen LogP contribution in [0.2, 0.25) is 5.02 Å². The van der Waals surface area contributed by atoms with Gasteiger partial charge in [-0.15, -0.1) is 0 Å². The number of hydrogen-bond donors (Lipinski definition) is 1. The van der Waals surface area contributed by atoms with Gasteiger partial charge >= 0.3 is 0 Å². The predicted octanol–water partition coefficient (Wildman–Crippen LogP) is 5.19. The maximum atomic E-state index is 13.6. The molecule has 0 saturated heterocycles. The van der Waals surface area contributed by atoms with Gasteiger partial charge in [0.05, 0.1) is 51.2 Å². The van der Waals surface area contributed by atoms with E-state index in [1.54, 1.807) is 71.6 Å². The minimum absolute atomic E-state index is 0.228. The predicted molar refractivity (Wildman–Crippen MR) is 129 cm³/mol. The summed E-state index contributed by atoms with van der Waals surface area (Å²) < 4.78 is 18.7. The molecule has 6 nitrogen and oxygen atoms in total. The smallest absolute Gasteiger partial charge is 0.259 e. The van der Waals surface area contributed by atoms with Crippen LogP contribution in [0.4, 0.5) is 5.69 Å². The fourth-order valence-electron chi connectivity index (χ4n) is 3.82. The lowest BCUT2D eigenvalue weighted by Crippen LogP contribution is -2.31. The van der Waals surface area contributed by atoms with Crippen LogP contribution in [0, 0.1) is 0 Å². The normalized spacial score (nSPS) is 14.8. The van der Waals surface area contributed by atoms with E-state index < -0.39 is 10.8 Å². The molecule has 0 bridgehead atoms. The number of nitrogens with zero attached hydrogens (tertiary/aromatic N) is 1. The Morgan fingerprint density at radius 2 is 1.76 bits per heavy atom. The first kappa shape index (κ1) is 22.1. The van der Waals surface area contributed by atoms with Crippen molar-refractivity contribution in [3.8, 4) is 0 Å². The van der Waals surface area contributed by atoms with Crippen molar-refractivity contribution in [3.05, 3.63) is 113 Å². The second-order valence-corrected chi connectivity index (χ2v) is 9.58. The Labute approximate surface area is 203 Å². The Morgan fingerprint density at radius 1 is 0.971 bits per heavy atom. The van der Waals surface area contributed by atoms with Crippen molar-refractivity contribution in [1.82, 2.24) is 5.32 Å². The number of benzene rings is 3. The molecule has 1 aromatic heterocycles. The van der Waals surface area contributed by atoms with Gasteiger partial charge in [-0.05, 0) is 60.2 Å². The van der Waals surface area contributed by atoms with E-state index in [4.69, 9.17) is 16.0 Å². The Balaban J connectivity index is 1.56. The Bertz CT molecular complexity index is 1400. The van der Waals surface area contributed by atoms with Crippen LogP contribution in [0.15, 0.2) is 99.3 Å². The molecule has 3 aromatic carbocycles. The summed E-state index contributed by atoms with van der Waals surface area (Å²) in [6, 6.07) is 22.5. The standard InChI is InChI=1S/C26H19ClN2O4S/c27-19-10-7-17(8-11-19)16-29-22-14-18(25(30)28-15-20-4-3-13-33-20)9-12-24(22)34(32)23-6-2-1-5-21(23)26(29)31/h1-14H,15-16H2,(H,28,30)/t34-/m1/s1. The van der Waals surface area contributed by atoms with Crippen LogP contribution in [0.3, 0.4) is 0 Å². The third kappa shape index (κ3) is 4.27. The van der Waals surface area contributed by atoms with Gasteiger partial charge in [0.25, 0.3) is 11.8 Å². The van der Waals surface area contributed by atoms with Gasteiger partial charge in [0.2, 0.25) is 0 Å². The molecule has 1 aliphatic heterocycles. The number of carbonyl (C=O) groups excluding carboxylic acids is 2. The molecule has 2 heterocycles. The molecule has 34 heavy (non-hydrogen) atoms. The topological polar surface area (TPSA) is 79.6 Å². The quantitative estimate of drug-likeness (QED) is 0.417. The molecule has 170 valence electrons.